The molecule has 2 heteroatoms. The van der Waals surface area contributed by atoms with Crippen molar-refractivity contribution in [3.05, 3.63) is 28.5 Å². The van der Waals surface area contributed by atoms with Gasteiger partial charge in [0.15, 0.2) is 0 Å². The second kappa shape index (κ2) is 3.38. The summed E-state index contributed by atoms with van der Waals surface area (Å²) in [7, 11) is 0. The summed E-state index contributed by atoms with van der Waals surface area (Å²) in [5.74, 6) is 2.56. The van der Waals surface area contributed by atoms with Gasteiger partial charge in [-0.3, -0.25) is 0 Å². The summed E-state index contributed by atoms with van der Waals surface area (Å²) >= 11 is 3.25. The maximum absolute atomic E-state index is 5.12. The maximum Gasteiger partial charge on any atom is 0.106 e. The molecule has 0 saturated heterocycles. The molecule has 50 valence electrons. The van der Waals surface area contributed by atoms with Crippen molar-refractivity contribution >= 4 is 15.9 Å². The number of aromatic nitrogens is 1. The van der Waals surface area contributed by atoms with E-state index in [1.165, 1.54) is 0 Å². The molecule has 0 aromatic carbocycles. The monoisotopic (exact) mass is 195 g/mol. The van der Waals surface area contributed by atoms with Crippen LogP contribution in [0.25, 0.3) is 0 Å². The summed E-state index contributed by atoms with van der Waals surface area (Å²) in [5.41, 5.74) is 1.12. The predicted octanol–water partition coefficient (Wildman–Crippen LogP) is 2.02. The van der Waals surface area contributed by atoms with Crippen LogP contribution in [0, 0.1) is 12.3 Å². The fourth-order valence-electron chi connectivity index (χ4n) is 0.670. The van der Waals surface area contributed by atoms with E-state index in [2.05, 4.69) is 26.8 Å². The van der Waals surface area contributed by atoms with Gasteiger partial charge in [0.2, 0.25) is 0 Å². The van der Waals surface area contributed by atoms with E-state index >= 15 is 0 Å². The Morgan fingerprint density at radius 3 is 3.10 bits per heavy atom. The summed E-state index contributed by atoms with van der Waals surface area (Å²) in [6.45, 7) is 0. The Hall–Kier alpha value is -0.810. The van der Waals surface area contributed by atoms with E-state index in [0.29, 0.717) is 6.42 Å². The van der Waals surface area contributed by atoms with Gasteiger partial charge in [-0.15, -0.1) is 12.3 Å². The number of nitrogens with zero attached hydrogens (tertiary/aromatic N) is 1. The SMILES string of the molecule is C#CCc1ccnc(Br)c1. The van der Waals surface area contributed by atoms with Crippen molar-refractivity contribution in [3.8, 4) is 12.3 Å². The quantitative estimate of drug-likeness (QED) is 0.494. The van der Waals surface area contributed by atoms with Crippen molar-refractivity contribution in [3.63, 3.8) is 0 Å². The van der Waals surface area contributed by atoms with Crippen LogP contribution in [0.3, 0.4) is 0 Å². The van der Waals surface area contributed by atoms with E-state index < -0.39 is 0 Å². The van der Waals surface area contributed by atoms with Gasteiger partial charge in [0.25, 0.3) is 0 Å². The lowest BCUT2D eigenvalue weighted by atomic mass is 10.2. The molecule has 0 aliphatic carbocycles. The summed E-state index contributed by atoms with van der Waals surface area (Å²) in [5, 5.41) is 0. The lowest BCUT2D eigenvalue weighted by molar-refractivity contribution is 1.20. The molecule has 1 rings (SSSR count). The van der Waals surface area contributed by atoms with Crippen LogP contribution in [0.5, 0.6) is 0 Å². The van der Waals surface area contributed by atoms with E-state index in [9.17, 15) is 0 Å². The zero-order valence-electron chi connectivity index (χ0n) is 5.34. The molecule has 10 heavy (non-hydrogen) atoms. The molecule has 1 aromatic rings. The Morgan fingerprint density at radius 1 is 1.70 bits per heavy atom. The first-order valence-corrected chi connectivity index (χ1v) is 3.66. The first kappa shape index (κ1) is 7.30. The van der Waals surface area contributed by atoms with Gasteiger partial charge < -0.3 is 0 Å². The van der Waals surface area contributed by atoms with Crippen molar-refractivity contribution in [1.82, 2.24) is 4.98 Å². The Kier molecular flexibility index (Phi) is 2.47. The fraction of sp³-hybridized carbons (Fsp3) is 0.125. The molecular formula is C8H6BrN. The average molecular weight is 196 g/mol. The molecule has 0 saturated carbocycles. The number of pyridine rings is 1. The van der Waals surface area contributed by atoms with Crippen molar-refractivity contribution in [2.75, 3.05) is 0 Å². The van der Waals surface area contributed by atoms with E-state index in [0.717, 1.165) is 10.2 Å². The Bertz CT molecular complexity index is 262. The van der Waals surface area contributed by atoms with Crippen LogP contribution in [0.4, 0.5) is 0 Å². The molecule has 0 aliphatic heterocycles. The van der Waals surface area contributed by atoms with E-state index in [-0.39, 0.29) is 0 Å². The van der Waals surface area contributed by atoms with Gasteiger partial charge in [0.05, 0.1) is 0 Å². The summed E-state index contributed by atoms with van der Waals surface area (Å²) in [6, 6.07) is 3.82. The molecule has 1 nitrogen and oxygen atoms in total. The second-order valence-electron chi connectivity index (χ2n) is 1.87. The third-order valence-corrected chi connectivity index (χ3v) is 1.53. The highest BCUT2D eigenvalue weighted by Crippen LogP contribution is 2.07. The Labute approximate surface area is 68.6 Å². The van der Waals surface area contributed by atoms with Gasteiger partial charge in [-0.2, -0.15) is 0 Å². The minimum Gasteiger partial charge on any atom is -0.249 e. The Balaban J connectivity index is 2.87. The number of halogens is 1. The molecule has 0 aliphatic rings. The van der Waals surface area contributed by atoms with E-state index in [1.54, 1.807) is 6.20 Å². The van der Waals surface area contributed by atoms with Gasteiger partial charge >= 0.3 is 0 Å². The first-order chi connectivity index (χ1) is 4.83. The smallest absolute Gasteiger partial charge is 0.106 e. The highest BCUT2D eigenvalue weighted by molar-refractivity contribution is 9.10. The van der Waals surface area contributed by atoms with Crippen LogP contribution in [0.1, 0.15) is 5.56 Å². The highest BCUT2D eigenvalue weighted by Gasteiger charge is 1.90. The maximum atomic E-state index is 5.12. The van der Waals surface area contributed by atoms with Gasteiger partial charge in [0, 0.05) is 12.6 Å². The van der Waals surface area contributed by atoms with Gasteiger partial charge in [0.1, 0.15) is 4.60 Å². The summed E-state index contributed by atoms with van der Waals surface area (Å²) in [4.78, 5) is 3.97. The number of terminal acetylenes is 1. The van der Waals surface area contributed by atoms with Gasteiger partial charge in [-0.1, -0.05) is 0 Å². The van der Waals surface area contributed by atoms with Crippen molar-refractivity contribution in [1.29, 1.82) is 0 Å². The second-order valence-corrected chi connectivity index (χ2v) is 2.68. The third-order valence-electron chi connectivity index (χ3n) is 1.10. The zero-order chi connectivity index (χ0) is 7.40. The van der Waals surface area contributed by atoms with Gasteiger partial charge in [-0.25, -0.2) is 4.98 Å². The average Bonchev–Trinajstić information content (AvgIpc) is 1.88. The molecule has 0 bridgehead atoms. The Morgan fingerprint density at radius 2 is 2.50 bits per heavy atom. The van der Waals surface area contributed by atoms with E-state index in [4.69, 9.17) is 6.42 Å². The molecule has 0 amide bonds. The van der Waals surface area contributed by atoms with Gasteiger partial charge in [-0.05, 0) is 33.6 Å². The standard InChI is InChI=1S/C8H6BrN/c1-2-3-7-4-5-10-8(9)6-7/h1,4-6H,3H2. The lowest BCUT2D eigenvalue weighted by Crippen LogP contribution is -1.82. The molecule has 1 aromatic heterocycles. The number of hydrogen-bond acceptors (Lipinski definition) is 1. The fourth-order valence-corrected chi connectivity index (χ4v) is 1.08. The highest BCUT2D eigenvalue weighted by atomic mass is 79.9. The van der Waals surface area contributed by atoms with E-state index in [1.807, 2.05) is 12.1 Å². The number of hydrogen-bond donors (Lipinski definition) is 0. The van der Waals surface area contributed by atoms with Crippen LogP contribution in [0.2, 0.25) is 0 Å². The minimum absolute atomic E-state index is 0.668. The molecule has 0 unspecified atom stereocenters. The van der Waals surface area contributed by atoms with Crippen molar-refractivity contribution in [2.24, 2.45) is 0 Å². The van der Waals surface area contributed by atoms with Crippen molar-refractivity contribution < 1.29 is 0 Å². The first-order valence-electron chi connectivity index (χ1n) is 2.87. The topological polar surface area (TPSA) is 12.9 Å². The predicted molar refractivity (Wildman–Crippen MR) is 44.5 cm³/mol. The molecule has 0 spiro atoms. The van der Waals surface area contributed by atoms with Crippen LogP contribution in [0.15, 0.2) is 22.9 Å². The normalized spacial score (nSPS) is 8.80. The summed E-state index contributed by atoms with van der Waals surface area (Å²) in [6.07, 6.45) is 7.53. The van der Waals surface area contributed by atoms with Crippen LogP contribution in [-0.4, -0.2) is 4.98 Å². The van der Waals surface area contributed by atoms with Crippen molar-refractivity contribution in [2.45, 2.75) is 6.42 Å². The molecular weight excluding hydrogens is 190 g/mol. The van der Waals surface area contributed by atoms with Crippen LogP contribution in [-0.2, 0) is 6.42 Å². The van der Waals surface area contributed by atoms with Crippen LogP contribution < -0.4 is 0 Å². The van der Waals surface area contributed by atoms with Crippen LogP contribution >= 0.6 is 15.9 Å². The molecule has 0 atom stereocenters. The number of rotatable bonds is 1. The molecule has 0 N–H and O–H groups in total. The molecule has 0 fully saturated rings. The largest absolute Gasteiger partial charge is 0.249 e. The third kappa shape index (κ3) is 1.85. The minimum atomic E-state index is 0.668. The lowest BCUT2D eigenvalue weighted by Gasteiger charge is -1.93. The zero-order valence-corrected chi connectivity index (χ0v) is 6.93. The molecule has 1 heterocycles. The summed E-state index contributed by atoms with van der Waals surface area (Å²) < 4.78 is 0.834. The molecule has 0 radical (unpaired) electrons.